The molecule has 6 nitrogen and oxygen atoms in total. The van der Waals surface area contributed by atoms with E-state index in [0.29, 0.717) is 28.5 Å². The number of likely N-dealkylation sites (tertiary alicyclic amines) is 1. The van der Waals surface area contributed by atoms with Gasteiger partial charge in [0, 0.05) is 38.8 Å². The van der Waals surface area contributed by atoms with Crippen LogP contribution in [0.25, 0.3) is 0 Å². The number of amides is 3. The predicted molar refractivity (Wildman–Crippen MR) is 78.6 cm³/mol. The molecular weight excluding hydrogens is 282 g/mol. The lowest BCUT2D eigenvalue weighted by Gasteiger charge is -2.17. The van der Waals surface area contributed by atoms with Gasteiger partial charge in [0.15, 0.2) is 0 Å². The number of carbonyl (C=O) groups is 3. The Morgan fingerprint density at radius 1 is 1.09 bits per heavy atom. The first kappa shape index (κ1) is 13.5. The lowest BCUT2D eigenvalue weighted by atomic mass is 10.0. The number of carbonyl (C=O) groups excluding carboxylic acids is 3. The number of hydrogen-bond acceptors (Lipinski definition) is 4. The van der Waals surface area contributed by atoms with Crippen molar-refractivity contribution in [2.24, 2.45) is 11.8 Å². The number of imide groups is 1. The largest absolute Gasteiger partial charge is 0.338 e. The maximum Gasteiger partial charge on any atom is 0.261 e. The Balaban J connectivity index is 1.61. The van der Waals surface area contributed by atoms with E-state index in [1.807, 2.05) is 4.90 Å². The Labute approximate surface area is 128 Å². The van der Waals surface area contributed by atoms with E-state index in [1.165, 1.54) is 7.05 Å². The van der Waals surface area contributed by atoms with Gasteiger partial charge in [0.1, 0.15) is 0 Å². The van der Waals surface area contributed by atoms with Gasteiger partial charge < -0.3 is 10.2 Å². The quantitative estimate of drug-likeness (QED) is 0.752. The molecule has 1 aromatic carbocycles. The average Bonchev–Trinajstić information content (AvgIpc) is 3.17. The zero-order valence-corrected chi connectivity index (χ0v) is 12.3. The number of benzene rings is 1. The van der Waals surface area contributed by atoms with Crippen LogP contribution in [0, 0.1) is 11.8 Å². The molecule has 0 spiro atoms. The number of nitrogens with zero attached hydrogens (tertiary/aromatic N) is 2. The van der Waals surface area contributed by atoms with Crippen molar-refractivity contribution in [3.63, 3.8) is 0 Å². The number of rotatable bonds is 1. The SMILES string of the molecule is CN1C(=O)c2ccc(C(=O)N3C[C@H]4CNC[C@H]4C3)cc2C1=O. The van der Waals surface area contributed by atoms with Crippen LogP contribution >= 0.6 is 0 Å². The zero-order chi connectivity index (χ0) is 15.4. The van der Waals surface area contributed by atoms with Gasteiger partial charge in [-0.3, -0.25) is 19.3 Å². The smallest absolute Gasteiger partial charge is 0.261 e. The molecule has 114 valence electrons. The second-order valence-electron chi connectivity index (χ2n) is 6.32. The Hall–Kier alpha value is -2.21. The topological polar surface area (TPSA) is 69.7 Å². The molecule has 0 saturated carbocycles. The molecule has 0 unspecified atom stereocenters. The van der Waals surface area contributed by atoms with E-state index in [-0.39, 0.29) is 17.7 Å². The molecule has 0 aliphatic carbocycles. The van der Waals surface area contributed by atoms with Gasteiger partial charge in [0.05, 0.1) is 11.1 Å². The third-order valence-electron chi connectivity index (χ3n) is 5.01. The van der Waals surface area contributed by atoms with Crippen LogP contribution in [-0.4, -0.2) is 60.7 Å². The van der Waals surface area contributed by atoms with Crippen molar-refractivity contribution >= 4 is 17.7 Å². The molecule has 0 bridgehead atoms. The summed E-state index contributed by atoms with van der Waals surface area (Å²) in [5.74, 6) is 0.380. The second kappa shape index (κ2) is 4.64. The fourth-order valence-electron chi connectivity index (χ4n) is 3.70. The summed E-state index contributed by atoms with van der Waals surface area (Å²) < 4.78 is 0. The first-order chi connectivity index (χ1) is 10.6. The van der Waals surface area contributed by atoms with Crippen molar-refractivity contribution in [1.82, 2.24) is 15.1 Å². The van der Waals surface area contributed by atoms with Gasteiger partial charge in [0.2, 0.25) is 0 Å². The van der Waals surface area contributed by atoms with Gasteiger partial charge >= 0.3 is 0 Å². The summed E-state index contributed by atoms with van der Waals surface area (Å²) in [7, 11) is 1.46. The Morgan fingerprint density at radius 3 is 2.41 bits per heavy atom. The number of fused-ring (bicyclic) bond motifs is 2. The molecule has 0 radical (unpaired) electrons. The number of hydrogen-bond donors (Lipinski definition) is 1. The van der Waals surface area contributed by atoms with Gasteiger partial charge in [-0.2, -0.15) is 0 Å². The van der Waals surface area contributed by atoms with E-state index in [4.69, 9.17) is 0 Å². The molecular formula is C16H17N3O3. The van der Waals surface area contributed by atoms with Crippen molar-refractivity contribution in [3.05, 3.63) is 34.9 Å². The van der Waals surface area contributed by atoms with Crippen LogP contribution in [0.1, 0.15) is 31.1 Å². The minimum absolute atomic E-state index is 0.0491. The predicted octanol–water partition coefficient (Wildman–Crippen LogP) is 0.204. The highest BCUT2D eigenvalue weighted by molar-refractivity contribution is 6.21. The van der Waals surface area contributed by atoms with Gasteiger partial charge in [0.25, 0.3) is 17.7 Å². The molecule has 22 heavy (non-hydrogen) atoms. The van der Waals surface area contributed by atoms with Crippen LogP contribution in [0.15, 0.2) is 18.2 Å². The summed E-state index contributed by atoms with van der Waals surface area (Å²) in [5.41, 5.74) is 1.20. The van der Waals surface area contributed by atoms with E-state index in [9.17, 15) is 14.4 Å². The van der Waals surface area contributed by atoms with Crippen LogP contribution in [0.4, 0.5) is 0 Å². The van der Waals surface area contributed by atoms with E-state index in [1.54, 1.807) is 18.2 Å². The number of nitrogens with one attached hydrogen (secondary N) is 1. The summed E-state index contributed by atoms with van der Waals surface area (Å²) in [6.45, 7) is 3.47. The third-order valence-corrected chi connectivity index (χ3v) is 5.01. The second-order valence-corrected chi connectivity index (χ2v) is 6.32. The van der Waals surface area contributed by atoms with E-state index >= 15 is 0 Å². The maximum absolute atomic E-state index is 12.6. The monoisotopic (exact) mass is 299 g/mol. The summed E-state index contributed by atoms with van der Waals surface area (Å²) in [5, 5.41) is 3.35. The fourth-order valence-corrected chi connectivity index (χ4v) is 3.70. The van der Waals surface area contributed by atoms with Gasteiger partial charge in [-0.05, 0) is 30.0 Å². The van der Waals surface area contributed by atoms with Crippen LogP contribution < -0.4 is 5.32 Å². The lowest BCUT2D eigenvalue weighted by Crippen LogP contribution is -2.32. The Kier molecular flexibility index (Phi) is 2.84. The summed E-state index contributed by atoms with van der Waals surface area (Å²) >= 11 is 0. The third kappa shape index (κ3) is 1.80. The van der Waals surface area contributed by atoms with Crippen molar-refractivity contribution in [2.45, 2.75) is 0 Å². The highest BCUT2D eigenvalue weighted by Gasteiger charge is 2.39. The van der Waals surface area contributed by atoms with E-state index < -0.39 is 0 Å². The molecule has 0 aromatic heterocycles. The van der Waals surface area contributed by atoms with Crippen molar-refractivity contribution < 1.29 is 14.4 Å². The highest BCUT2D eigenvalue weighted by atomic mass is 16.2. The Bertz CT molecular complexity index is 688. The molecule has 2 atom stereocenters. The highest BCUT2D eigenvalue weighted by Crippen LogP contribution is 2.29. The van der Waals surface area contributed by atoms with Crippen LogP contribution in [0.5, 0.6) is 0 Å². The van der Waals surface area contributed by atoms with Crippen LogP contribution in [0.3, 0.4) is 0 Å². The maximum atomic E-state index is 12.6. The molecule has 4 rings (SSSR count). The normalized spacial score (nSPS) is 26.6. The van der Waals surface area contributed by atoms with Crippen LogP contribution in [-0.2, 0) is 0 Å². The van der Waals surface area contributed by atoms with Crippen molar-refractivity contribution in [3.8, 4) is 0 Å². The molecule has 3 aliphatic heterocycles. The molecule has 3 amide bonds. The molecule has 2 fully saturated rings. The summed E-state index contributed by atoms with van der Waals surface area (Å²) in [6, 6.07) is 4.80. The molecule has 1 aromatic rings. The molecule has 6 heteroatoms. The van der Waals surface area contributed by atoms with Gasteiger partial charge in [-0.1, -0.05) is 0 Å². The molecule has 2 saturated heterocycles. The zero-order valence-electron chi connectivity index (χ0n) is 12.3. The first-order valence-corrected chi connectivity index (χ1v) is 7.52. The van der Waals surface area contributed by atoms with Gasteiger partial charge in [-0.25, -0.2) is 0 Å². The summed E-state index contributed by atoms with van der Waals surface area (Å²) in [6.07, 6.45) is 0. The molecule has 1 N–H and O–H groups in total. The molecule has 3 aliphatic rings. The van der Waals surface area contributed by atoms with Crippen molar-refractivity contribution in [1.29, 1.82) is 0 Å². The van der Waals surface area contributed by atoms with Crippen molar-refractivity contribution in [2.75, 3.05) is 33.2 Å². The fraction of sp³-hybridized carbons (Fsp3) is 0.438. The standard InChI is InChI=1S/C16H17N3O3/c1-18-15(21)12-3-2-9(4-13(12)16(18)22)14(20)19-7-10-5-17-6-11(10)8-19/h2-4,10-11,17H,5-8H2,1H3/t10-,11+. The minimum Gasteiger partial charge on any atom is -0.338 e. The Morgan fingerprint density at radius 2 is 1.73 bits per heavy atom. The summed E-state index contributed by atoms with van der Waals surface area (Å²) in [4.78, 5) is 39.5. The lowest BCUT2D eigenvalue weighted by molar-refractivity contribution is 0.0692. The van der Waals surface area contributed by atoms with Gasteiger partial charge in [-0.15, -0.1) is 0 Å². The van der Waals surface area contributed by atoms with E-state index in [0.717, 1.165) is 31.1 Å². The minimum atomic E-state index is -0.336. The molecule has 3 heterocycles. The van der Waals surface area contributed by atoms with Crippen LogP contribution in [0.2, 0.25) is 0 Å². The van der Waals surface area contributed by atoms with E-state index in [2.05, 4.69) is 5.32 Å². The first-order valence-electron chi connectivity index (χ1n) is 7.52. The average molecular weight is 299 g/mol.